The van der Waals surface area contributed by atoms with Crippen LogP contribution in [0.25, 0.3) is 11.1 Å². The van der Waals surface area contributed by atoms with Gasteiger partial charge in [0.25, 0.3) is 0 Å². The number of nitrogens with two attached hydrogens (primary N) is 1. The van der Waals surface area contributed by atoms with Crippen molar-refractivity contribution in [3.8, 4) is 11.1 Å². The summed E-state index contributed by atoms with van der Waals surface area (Å²) >= 11 is 0. The number of primary sulfonamides is 1. The van der Waals surface area contributed by atoms with E-state index in [9.17, 15) is 22.4 Å². The number of aryl methyl sites for hydroxylation is 2. The van der Waals surface area contributed by atoms with Gasteiger partial charge in [-0.1, -0.05) is 36.4 Å². The Bertz CT molecular complexity index is 1390. The molecule has 1 aliphatic heterocycles. The van der Waals surface area contributed by atoms with Gasteiger partial charge >= 0.3 is 6.09 Å². The molecule has 2 amide bonds. The van der Waals surface area contributed by atoms with Crippen molar-refractivity contribution in [1.82, 2.24) is 5.32 Å². The number of hydrogen-bond acceptors (Lipinski definition) is 5. The molecule has 37 heavy (non-hydrogen) atoms. The Morgan fingerprint density at radius 3 is 2.24 bits per heavy atom. The van der Waals surface area contributed by atoms with Crippen molar-refractivity contribution in [1.29, 1.82) is 0 Å². The number of benzene rings is 3. The van der Waals surface area contributed by atoms with Crippen LogP contribution in [-0.2, 0) is 32.4 Å². The quantitative estimate of drug-likeness (QED) is 0.441. The summed E-state index contributed by atoms with van der Waals surface area (Å²) < 4.78 is 42.9. The zero-order valence-electron chi connectivity index (χ0n) is 20.3. The lowest BCUT2D eigenvalue weighted by atomic mass is 10.00. The number of nitrogens with zero attached hydrogens (tertiary/aromatic N) is 1. The number of nitrogens with one attached hydrogen (secondary N) is 1. The van der Waals surface area contributed by atoms with Crippen molar-refractivity contribution < 1.29 is 27.1 Å². The number of carbonyl (C=O) groups excluding carboxylic acids is 2. The minimum Gasteiger partial charge on any atom is -0.442 e. The van der Waals surface area contributed by atoms with Crippen LogP contribution in [0, 0.1) is 5.82 Å². The van der Waals surface area contributed by atoms with Crippen molar-refractivity contribution in [2.75, 3.05) is 18.0 Å². The summed E-state index contributed by atoms with van der Waals surface area (Å²) in [5, 5.41) is 7.74. The van der Waals surface area contributed by atoms with Crippen LogP contribution in [0.3, 0.4) is 0 Å². The van der Waals surface area contributed by atoms with Gasteiger partial charge in [-0.2, -0.15) is 0 Å². The Hall–Kier alpha value is -3.76. The number of anilines is 1. The predicted octanol–water partition coefficient (Wildman–Crippen LogP) is 3.78. The summed E-state index contributed by atoms with van der Waals surface area (Å²) in [4.78, 5) is 24.7. The average Bonchev–Trinajstić information content (AvgIpc) is 3.23. The Balaban J connectivity index is 1.34. The van der Waals surface area contributed by atoms with Crippen LogP contribution in [0.4, 0.5) is 14.9 Å². The maximum atomic E-state index is 15.0. The first-order valence-corrected chi connectivity index (χ1v) is 13.4. The molecule has 194 valence electrons. The number of sulfonamides is 1. The molecule has 4 rings (SSSR count). The first-order chi connectivity index (χ1) is 17.6. The zero-order chi connectivity index (χ0) is 26.6. The summed E-state index contributed by atoms with van der Waals surface area (Å²) in [6.45, 7) is 1.81. The van der Waals surface area contributed by atoms with E-state index >= 15 is 0 Å². The molecular formula is C27H28FN3O5S. The SMILES string of the molecule is CC(=O)NC[C@H]1CN(c2ccc(-c3ccc(CCCc4ccc(S(N)(=O)=O)cc4)cc3)c(F)c2)C(=O)O1. The molecule has 0 aromatic heterocycles. The van der Waals surface area contributed by atoms with Gasteiger partial charge < -0.3 is 10.1 Å². The molecule has 1 heterocycles. The van der Waals surface area contributed by atoms with Gasteiger partial charge in [-0.15, -0.1) is 0 Å². The fraction of sp³-hybridized carbons (Fsp3) is 0.259. The van der Waals surface area contributed by atoms with Crippen LogP contribution in [0.1, 0.15) is 24.5 Å². The van der Waals surface area contributed by atoms with E-state index < -0.39 is 28.0 Å². The fourth-order valence-corrected chi connectivity index (χ4v) is 4.71. The molecule has 10 heteroatoms. The lowest BCUT2D eigenvalue weighted by Crippen LogP contribution is -2.33. The highest BCUT2D eigenvalue weighted by Crippen LogP contribution is 2.29. The van der Waals surface area contributed by atoms with E-state index in [0.29, 0.717) is 11.3 Å². The van der Waals surface area contributed by atoms with E-state index in [1.165, 1.54) is 30.0 Å². The molecule has 0 unspecified atom stereocenters. The van der Waals surface area contributed by atoms with Gasteiger partial charge in [0.05, 0.1) is 23.7 Å². The van der Waals surface area contributed by atoms with E-state index in [1.54, 1.807) is 24.3 Å². The molecule has 0 saturated carbocycles. The number of halogens is 1. The van der Waals surface area contributed by atoms with Gasteiger partial charge in [0, 0.05) is 12.5 Å². The van der Waals surface area contributed by atoms with Crippen LogP contribution >= 0.6 is 0 Å². The van der Waals surface area contributed by atoms with Crippen LogP contribution in [0.2, 0.25) is 0 Å². The summed E-state index contributed by atoms with van der Waals surface area (Å²) in [6.07, 6.45) is 1.40. The normalized spacial score (nSPS) is 15.5. The largest absolute Gasteiger partial charge is 0.442 e. The Morgan fingerprint density at radius 1 is 1.05 bits per heavy atom. The molecule has 3 aromatic rings. The Kier molecular flexibility index (Phi) is 7.89. The van der Waals surface area contributed by atoms with E-state index in [-0.39, 0.29) is 23.9 Å². The fourth-order valence-electron chi connectivity index (χ4n) is 4.20. The second-order valence-corrected chi connectivity index (χ2v) is 10.5. The van der Waals surface area contributed by atoms with E-state index in [1.807, 2.05) is 24.3 Å². The van der Waals surface area contributed by atoms with Gasteiger partial charge in [-0.05, 0) is 66.3 Å². The molecule has 8 nitrogen and oxygen atoms in total. The van der Waals surface area contributed by atoms with Crippen molar-refractivity contribution in [3.63, 3.8) is 0 Å². The number of carbonyl (C=O) groups is 2. The molecule has 3 N–H and O–H groups in total. The van der Waals surface area contributed by atoms with Gasteiger partial charge in [-0.25, -0.2) is 22.7 Å². The smallest absolute Gasteiger partial charge is 0.414 e. The zero-order valence-corrected chi connectivity index (χ0v) is 21.1. The molecule has 0 radical (unpaired) electrons. The monoisotopic (exact) mass is 525 g/mol. The number of hydrogen-bond donors (Lipinski definition) is 2. The molecule has 3 aromatic carbocycles. The van der Waals surface area contributed by atoms with Crippen molar-refractivity contribution in [2.45, 2.75) is 37.2 Å². The third kappa shape index (κ3) is 6.72. The minimum absolute atomic E-state index is 0.0959. The average molecular weight is 526 g/mol. The standard InChI is InChI=1S/C27H28FN3O5S/c1-18(32)30-16-23-17-31(27(33)36-23)22-11-14-25(26(28)15-22)21-9-5-19(6-10-21)3-2-4-20-7-12-24(13-8-20)37(29,34)35/h5-15,23H,2-4,16-17H2,1H3,(H,30,32)(H2,29,34,35)/t23-/m0/s1. The van der Waals surface area contributed by atoms with Gasteiger partial charge in [0.2, 0.25) is 15.9 Å². The molecule has 0 spiro atoms. The van der Waals surface area contributed by atoms with E-state index in [2.05, 4.69) is 5.32 Å². The first-order valence-electron chi connectivity index (χ1n) is 11.8. The second kappa shape index (κ2) is 11.1. The molecule has 1 atom stereocenters. The predicted molar refractivity (Wildman–Crippen MR) is 138 cm³/mol. The highest BCUT2D eigenvalue weighted by atomic mass is 32.2. The van der Waals surface area contributed by atoms with Gasteiger partial charge in [0.1, 0.15) is 11.9 Å². The number of rotatable bonds is 9. The summed E-state index contributed by atoms with van der Waals surface area (Å²) in [5.41, 5.74) is 3.67. The lowest BCUT2D eigenvalue weighted by molar-refractivity contribution is -0.119. The minimum atomic E-state index is -3.69. The molecule has 1 aliphatic rings. The topological polar surface area (TPSA) is 119 Å². The van der Waals surface area contributed by atoms with Crippen molar-refractivity contribution >= 4 is 27.7 Å². The first kappa shape index (κ1) is 26.3. The van der Waals surface area contributed by atoms with Crippen LogP contribution in [0.5, 0.6) is 0 Å². The Morgan fingerprint density at radius 2 is 1.68 bits per heavy atom. The highest BCUT2D eigenvalue weighted by molar-refractivity contribution is 7.89. The third-order valence-corrected chi connectivity index (χ3v) is 7.09. The highest BCUT2D eigenvalue weighted by Gasteiger charge is 2.32. The number of amides is 2. The summed E-state index contributed by atoms with van der Waals surface area (Å²) in [5.74, 6) is -0.667. The van der Waals surface area contributed by atoms with E-state index in [4.69, 9.17) is 9.88 Å². The lowest BCUT2D eigenvalue weighted by Gasteiger charge is -2.15. The summed E-state index contributed by atoms with van der Waals surface area (Å²) in [7, 11) is -3.69. The Labute approximate surface area is 215 Å². The molecule has 0 bridgehead atoms. The van der Waals surface area contributed by atoms with E-state index in [0.717, 1.165) is 36.0 Å². The molecular weight excluding hydrogens is 497 g/mol. The number of ether oxygens (including phenoxy) is 1. The maximum absolute atomic E-state index is 15.0. The van der Waals surface area contributed by atoms with Crippen LogP contribution in [-0.4, -0.2) is 39.6 Å². The molecule has 1 fully saturated rings. The van der Waals surface area contributed by atoms with Crippen molar-refractivity contribution in [2.24, 2.45) is 5.14 Å². The van der Waals surface area contributed by atoms with Gasteiger partial charge in [0.15, 0.2) is 0 Å². The summed E-state index contributed by atoms with van der Waals surface area (Å²) in [6, 6.07) is 18.8. The van der Waals surface area contributed by atoms with Crippen molar-refractivity contribution in [3.05, 3.63) is 83.7 Å². The van der Waals surface area contributed by atoms with Crippen LogP contribution < -0.4 is 15.4 Å². The maximum Gasteiger partial charge on any atom is 0.414 e. The van der Waals surface area contributed by atoms with Crippen LogP contribution in [0.15, 0.2) is 71.6 Å². The molecule has 0 aliphatic carbocycles. The third-order valence-electron chi connectivity index (χ3n) is 6.16. The number of cyclic esters (lactones) is 1. The second-order valence-electron chi connectivity index (χ2n) is 8.96. The van der Waals surface area contributed by atoms with Gasteiger partial charge in [-0.3, -0.25) is 9.69 Å². The molecule has 1 saturated heterocycles.